The second-order valence-electron chi connectivity index (χ2n) is 4.90. The molecule has 1 fully saturated rings. The Kier molecular flexibility index (Phi) is 4.15. The third-order valence-electron chi connectivity index (χ3n) is 3.36. The molecule has 21 heavy (non-hydrogen) atoms. The highest BCUT2D eigenvalue weighted by molar-refractivity contribution is 5.98. The first-order valence-corrected chi connectivity index (χ1v) is 6.37. The highest BCUT2D eigenvalue weighted by Gasteiger charge is 2.27. The summed E-state index contributed by atoms with van der Waals surface area (Å²) in [6.07, 6.45) is 0.755. The van der Waals surface area contributed by atoms with Crippen LogP contribution in [0.4, 0.5) is 10.1 Å². The van der Waals surface area contributed by atoms with E-state index in [1.165, 1.54) is 4.90 Å². The van der Waals surface area contributed by atoms with E-state index in [2.05, 4.69) is 5.32 Å². The van der Waals surface area contributed by atoms with Crippen LogP contribution in [0.2, 0.25) is 0 Å². The smallest absolute Gasteiger partial charge is 0.282 e. The van der Waals surface area contributed by atoms with Crippen molar-refractivity contribution in [3.63, 3.8) is 0 Å². The molecule has 1 saturated heterocycles. The summed E-state index contributed by atoms with van der Waals surface area (Å²) in [4.78, 5) is 35.1. The fourth-order valence-electron chi connectivity index (χ4n) is 2.24. The molecule has 1 aliphatic heterocycles. The van der Waals surface area contributed by atoms with Crippen LogP contribution in [0.25, 0.3) is 0 Å². The molecule has 1 unspecified atom stereocenters. The van der Waals surface area contributed by atoms with E-state index in [0.29, 0.717) is 19.4 Å². The van der Waals surface area contributed by atoms with Gasteiger partial charge in [0.25, 0.3) is 11.6 Å². The van der Waals surface area contributed by atoms with Gasteiger partial charge in [-0.3, -0.25) is 19.7 Å². The van der Waals surface area contributed by atoms with Crippen molar-refractivity contribution in [2.45, 2.75) is 18.9 Å². The molecular weight excluding hydrogens is 281 g/mol. The fourth-order valence-corrected chi connectivity index (χ4v) is 2.24. The Morgan fingerprint density at radius 1 is 1.52 bits per heavy atom. The Morgan fingerprint density at radius 3 is 2.86 bits per heavy atom. The summed E-state index contributed by atoms with van der Waals surface area (Å²) in [5.41, 5.74) is -0.770. The van der Waals surface area contributed by atoms with Crippen molar-refractivity contribution in [3.05, 3.63) is 39.7 Å². The molecule has 0 aliphatic carbocycles. The number of nitrogens with zero attached hydrogens (tertiary/aromatic N) is 2. The first-order valence-electron chi connectivity index (χ1n) is 6.37. The van der Waals surface area contributed by atoms with Gasteiger partial charge in [-0.2, -0.15) is 0 Å². The van der Waals surface area contributed by atoms with Gasteiger partial charge < -0.3 is 10.2 Å². The minimum absolute atomic E-state index is 0.0164. The zero-order valence-electron chi connectivity index (χ0n) is 11.3. The van der Waals surface area contributed by atoms with Crippen LogP contribution in [0.3, 0.4) is 0 Å². The number of hydrogen-bond acceptors (Lipinski definition) is 4. The Morgan fingerprint density at radius 2 is 2.24 bits per heavy atom. The summed E-state index contributed by atoms with van der Waals surface area (Å²) >= 11 is 0. The summed E-state index contributed by atoms with van der Waals surface area (Å²) in [5.74, 6) is -1.45. The summed E-state index contributed by atoms with van der Waals surface area (Å²) < 4.78 is 13.2. The lowest BCUT2D eigenvalue weighted by atomic mass is 10.0. The molecule has 112 valence electrons. The summed E-state index contributed by atoms with van der Waals surface area (Å²) in [5, 5.41) is 13.5. The van der Waals surface area contributed by atoms with Crippen LogP contribution in [0.1, 0.15) is 23.2 Å². The van der Waals surface area contributed by atoms with E-state index in [1.807, 2.05) is 0 Å². The minimum Gasteiger partial charge on any atom is -0.347 e. The number of amides is 2. The van der Waals surface area contributed by atoms with Gasteiger partial charge in [-0.15, -0.1) is 0 Å². The number of nitro groups is 1. The standard InChI is InChI=1S/C13H14FN3O4/c1-16-7-9(3-5-12(16)18)15-13(19)10-6-8(14)2-4-11(10)17(20)21/h2,4,6,9H,3,5,7H2,1H3,(H,15,19). The maximum absolute atomic E-state index is 13.2. The van der Waals surface area contributed by atoms with Crippen LogP contribution in [-0.2, 0) is 4.79 Å². The van der Waals surface area contributed by atoms with Crippen molar-refractivity contribution in [1.82, 2.24) is 10.2 Å². The van der Waals surface area contributed by atoms with Gasteiger partial charge in [-0.25, -0.2) is 4.39 Å². The molecule has 0 aromatic heterocycles. The second kappa shape index (κ2) is 5.86. The number of nitro benzene ring substituents is 1. The Bertz CT molecular complexity index is 605. The van der Waals surface area contributed by atoms with E-state index in [1.54, 1.807) is 7.05 Å². The van der Waals surface area contributed by atoms with Crippen LogP contribution >= 0.6 is 0 Å². The molecule has 1 N–H and O–H groups in total. The Balaban J connectivity index is 2.15. The Hall–Kier alpha value is -2.51. The molecule has 2 amide bonds. The van der Waals surface area contributed by atoms with Crippen molar-refractivity contribution in [1.29, 1.82) is 0 Å². The largest absolute Gasteiger partial charge is 0.347 e. The van der Waals surface area contributed by atoms with Gasteiger partial charge >= 0.3 is 0 Å². The molecule has 0 radical (unpaired) electrons. The number of piperidine rings is 1. The van der Waals surface area contributed by atoms with Crippen molar-refractivity contribution < 1.29 is 18.9 Å². The zero-order valence-corrected chi connectivity index (χ0v) is 11.3. The van der Waals surface area contributed by atoms with Crippen LogP contribution in [-0.4, -0.2) is 41.3 Å². The number of carbonyl (C=O) groups is 2. The second-order valence-corrected chi connectivity index (χ2v) is 4.90. The monoisotopic (exact) mass is 295 g/mol. The molecule has 1 atom stereocenters. The SMILES string of the molecule is CN1CC(NC(=O)c2cc(F)ccc2[N+](=O)[O-])CCC1=O. The average molecular weight is 295 g/mol. The number of hydrogen-bond donors (Lipinski definition) is 1. The van der Waals surface area contributed by atoms with Crippen molar-refractivity contribution in [2.24, 2.45) is 0 Å². The highest BCUT2D eigenvalue weighted by Crippen LogP contribution is 2.20. The predicted molar refractivity (Wildman–Crippen MR) is 71.2 cm³/mol. The lowest BCUT2D eigenvalue weighted by molar-refractivity contribution is -0.385. The quantitative estimate of drug-likeness (QED) is 0.667. The van der Waals surface area contributed by atoms with E-state index in [4.69, 9.17) is 0 Å². The third-order valence-corrected chi connectivity index (χ3v) is 3.36. The lowest BCUT2D eigenvalue weighted by Crippen LogP contribution is -2.48. The average Bonchev–Trinajstić information content (AvgIpc) is 2.42. The zero-order chi connectivity index (χ0) is 15.6. The maximum Gasteiger partial charge on any atom is 0.282 e. The molecular formula is C13H14FN3O4. The van der Waals surface area contributed by atoms with E-state index >= 15 is 0 Å². The number of likely N-dealkylation sites (tertiary alicyclic amines) is 1. The van der Waals surface area contributed by atoms with Gasteiger partial charge in [0, 0.05) is 32.1 Å². The molecule has 7 nitrogen and oxygen atoms in total. The predicted octanol–water partition coefficient (Wildman–Crippen LogP) is 1.08. The number of likely N-dealkylation sites (N-methyl/N-ethyl adjacent to an activating group) is 1. The van der Waals surface area contributed by atoms with Crippen LogP contribution in [0.5, 0.6) is 0 Å². The normalized spacial score (nSPS) is 18.5. The molecule has 1 aromatic carbocycles. The third kappa shape index (κ3) is 3.33. The highest BCUT2D eigenvalue weighted by atomic mass is 19.1. The van der Waals surface area contributed by atoms with Crippen molar-refractivity contribution in [2.75, 3.05) is 13.6 Å². The number of rotatable bonds is 3. The fraction of sp³-hybridized carbons (Fsp3) is 0.385. The van der Waals surface area contributed by atoms with E-state index in [9.17, 15) is 24.1 Å². The van der Waals surface area contributed by atoms with Crippen molar-refractivity contribution in [3.8, 4) is 0 Å². The van der Waals surface area contributed by atoms with Gasteiger partial charge in [0.15, 0.2) is 0 Å². The van der Waals surface area contributed by atoms with Gasteiger partial charge in [-0.05, 0) is 18.6 Å². The van der Waals surface area contributed by atoms with Crippen molar-refractivity contribution >= 4 is 17.5 Å². The topological polar surface area (TPSA) is 92.6 Å². The Labute approximate surface area is 119 Å². The summed E-state index contributed by atoms with van der Waals surface area (Å²) in [6, 6.07) is 2.43. The minimum atomic E-state index is -0.731. The maximum atomic E-state index is 13.2. The van der Waals surface area contributed by atoms with E-state index in [0.717, 1.165) is 18.2 Å². The van der Waals surface area contributed by atoms with Crippen LogP contribution in [0, 0.1) is 15.9 Å². The molecule has 0 spiro atoms. The first kappa shape index (κ1) is 14.9. The molecule has 0 saturated carbocycles. The molecule has 1 heterocycles. The molecule has 8 heteroatoms. The molecule has 1 aliphatic rings. The van der Waals surface area contributed by atoms with E-state index in [-0.39, 0.29) is 17.5 Å². The summed E-state index contributed by atoms with van der Waals surface area (Å²) in [6.45, 7) is 0.327. The molecule has 2 rings (SSSR count). The number of benzene rings is 1. The van der Waals surface area contributed by atoms with E-state index < -0.39 is 22.3 Å². The number of carbonyl (C=O) groups excluding carboxylic acids is 2. The van der Waals surface area contributed by atoms with Crippen LogP contribution < -0.4 is 5.32 Å². The first-order chi connectivity index (χ1) is 9.88. The number of nitrogens with one attached hydrogen (secondary N) is 1. The molecule has 1 aromatic rings. The number of halogens is 1. The van der Waals surface area contributed by atoms with Gasteiger partial charge in [-0.1, -0.05) is 0 Å². The molecule has 0 bridgehead atoms. The van der Waals surface area contributed by atoms with Gasteiger partial charge in [0.05, 0.1) is 4.92 Å². The van der Waals surface area contributed by atoms with Gasteiger partial charge in [0.1, 0.15) is 11.4 Å². The lowest BCUT2D eigenvalue weighted by Gasteiger charge is -2.30. The van der Waals surface area contributed by atoms with Gasteiger partial charge in [0.2, 0.25) is 5.91 Å². The summed E-state index contributed by atoms with van der Waals surface area (Å²) in [7, 11) is 1.62. The van der Waals surface area contributed by atoms with Crippen LogP contribution in [0.15, 0.2) is 18.2 Å².